The molecule has 0 amide bonds. The van der Waals surface area contributed by atoms with Gasteiger partial charge >= 0.3 is 0 Å². The Bertz CT molecular complexity index is 1490. The summed E-state index contributed by atoms with van der Waals surface area (Å²) in [5.41, 5.74) is 3.80. The highest BCUT2D eigenvalue weighted by molar-refractivity contribution is 5.71. The minimum absolute atomic E-state index is 0.102. The van der Waals surface area contributed by atoms with E-state index in [9.17, 15) is 5.11 Å². The Balaban J connectivity index is 1.23. The van der Waals surface area contributed by atoms with Crippen molar-refractivity contribution in [2.45, 2.75) is 76.0 Å². The fourth-order valence-electron chi connectivity index (χ4n) is 7.23. The van der Waals surface area contributed by atoms with Crippen LogP contribution in [0.1, 0.15) is 63.8 Å². The molecule has 222 valence electrons. The lowest BCUT2D eigenvalue weighted by atomic mass is 9.73. The second-order valence-electron chi connectivity index (χ2n) is 13.5. The number of pyridine rings is 1. The van der Waals surface area contributed by atoms with Crippen LogP contribution in [0.3, 0.4) is 0 Å². The van der Waals surface area contributed by atoms with Gasteiger partial charge in [0.1, 0.15) is 17.2 Å². The Hall–Kier alpha value is -3.27. The topological polar surface area (TPSA) is 89.9 Å². The first kappa shape index (κ1) is 27.6. The van der Waals surface area contributed by atoms with Crippen LogP contribution in [0.5, 0.6) is 0 Å². The van der Waals surface area contributed by atoms with Crippen LogP contribution in [-0.2, 0) is 22.2 Å². The SMILES string of the molecule is CCC1(O)CCc2ccc(N3c4nc(Nc5ccc(N6CCN(C)CC6)cc5)ncc4[C@@]4(C)COC(C)(C)C[C@@H]34)nc21. The smallest absolute Gasteiger partial charge is 0.229 e. The van der Waals surface area contributed by atoms with Gasteiger partial charge in [0, 0.05) is 54.7 Å². The number of likely N-dealkylation sites (N-methyl/N-ethyl adjacent to an activating group) is 1. The Morgan fingerprint density at radius 2 is 1.79 bits per heavy atom. The lowest BCUT2D eigenvalue weighted by Gasteiger charge is -2.46. The summed E-state index contributed by atoms with van der Waals surface area (Å²) >= 11 is 0. The minimum atomic E-state index is -0.874. The Morgan fingerprint density at radius 1 is 1.02 bits per heavy atom. The molecule has 0 spiro atoms. The minimum Gasteiger partial charge on any atom is -0.384 e. The van der Waals surface area contributed by atoms with Gasteiger partial charge in [0.15, 0.2) is 0 Å². The molecule has 3 aromatic rings. The van der Waals surface area contributed by atoms with Gasteiger partial charge in [-0.2, -0.15) is 4.98 Å². The van der Waals surface area contributed by atoms with Gasteiger partial charge in [0.25, 0.3) is 0 Å². The molecule has 5 heterocycles. The third-order valence-corrected chi connectivity index (χ3v) is 10.1. The van der Waals surface area contributed by atoms with Crippen molar-refractivity contribution in [1.82, 2.24) is 19.9 Å². The second kappa shape index (κ2) is 9.89. The number of nitrogens with zero attached hydrogens (tertiary/aromatic N) is 6. The van der Waals surface area contributed by atoms with E-state index in [1.165, 1.54) is 5.69 Å². The summed E-state index contributed by atoms with van der Waals surface area (Å²) in [4.78, 5) is 22.1. The second-order valence-corrected chi connectivity index (χ2v) is 13.5. The van der Waals surface area contributed by atoms with Crippen molar-refractivity contribution in [2.75, 3.05) is 55.0 Å². The molecular formula is C33H43N7O2. The molecule has 2 saturated heterocycles. The predicted octanol–water partition coefficient (Wildman–Crippen LogP) is 4.89. The van der Waals surface area contributed by atoms with Crippen LogP contribution in [0.25, 0.3) is 0 Å². The van der Waals surface area contributed by atoms with E-state index in [1.807, 2.05) is 13.1 Å². The van der Waals surface area contributed by atoms with E-state index >= 15 is 0 Å². The van der Waals surface area contributed by atoms with E-state index in [2.05, 4.69) is 84.2 Å². The fourth-order valence-corrected chi connectivity index (χ4v) is 7.23. The number of anilines is 5. The summed E-state index contributed by atoms with van der Waals surface area (Å²) in [6, 6.07) is 12.9. The molecular weight excluding hydrogens is 526 g/mol. The van der Waals surface area contributed by atoms with Crippen LogP contribution in [0.2, 0.25) is 0 Å². The Labute approximate surface area is 248 Å². The average Bonchev–Trinajstić information content (AvgIpc) is 3.44. The molecule has 3 aliphatic heterocycles. The first-order valence-electron chi connectivity index (χ1n) is 15.4. The number of fused-ring (bicyclic) bond motifs is 4. The molecule has 1 unspecified atom stereocenters. The van der Waals surface area contributed by atoms with Gasteiger partial charge in [0.05, 0.1) is 23.9 Å². The summed E-state index contributed by atoms with van der Waals surface area (Å²) in [6.07, 6.45) is 5.02. The molecule has 9 nitrogen and oxygen atoms in total. The van der Waals surface area contributed by atoms with Crippen molar-refractivity contribution < 1.29 is 9.84 Å². The molecule has 0 radical (unpaired) electrons. The Morgan fingerprint density at radius 3 is 2.52 bits per heavy atom. The lowest BCUT2D eigenvalue weighted by molar-refractivity contribution is -0.0893. The molecule has 9 heteroatoms. The van der Waals surface area contributed by atoms with Crippen molar-refractivity contribution in [3.05, 3.63) is 59.4 Å². The third kappa shape index (κ3) is 4.53. The lowest BCUT2D eigenvalue weighted by Crippen LogP contribution is -2.54. The van der Waals surface area contributed by atoms with E-state index in [0.717, 1.165) is 79.6 Å². The van der Waals surface area contributed by atoms with Crippen LogP contribution in [0.15, 0.2) is 42.6 Å². The number of aromatic nitrogens is 3. The van der Waals surface area contributed by atoms with Crippen molar-refractivity contribution >= 4 is 29.0 Å². The molecule has 0 bridgehead atoms. The van der Waals surface area contributed by atoms with Gasteiger partial charge in [-0.3, -0.25) is 0 Å². The number of ether oxygens (including phenoxy) is 1. The quantitative estimate of drug-likeness (QED) is 0.446. The Kier molecular flexibility index (Phi) is 6.49. The summed E-state index contributed by atoms with van der Waals surface area (Å²) in [6.45, 7) is 13.4. The number of piperazine rings is 1. The van der Waals surface area contributed by atoms with Crippen LogP contribution >= 0.6 is 0 Å². The largest absolute Gasteiger partial charge is 0.384 e. The van der Waals surface area contributed by atoms with Gasteiger partial charge in [0.2, 0.25) is 5.95 Å². The number of rotatable bonds is 5. The highest BCUT2D eigenvalue weighted by Gasteiger charge is 2.55. The van der Waals surface area contributed by atoms with Gasteiger partial charge in [-0.15, -0.1) is 0 Å². The zero-order valence-corrected chi connectivity index (χ0v) is 25.5. The summed E-state index contributed by atoms with van der Waals surface area (Å²) in [5, 5.41) is 14.8. The van der Waals surface area contributed by atoms with E-state index in [-0.39, 0.29) is 17.1 Å². The number of hydrogen-bond acceptors (Lipinski definition) is 9. The molecule has 2 fully saturated rings. The first-order chi connectivity index (χ1) is 20.1. The van der Waals surface area contributed by atoms with Gasteiger partial charge in [-0.1, -0.05) is 19.9 Å². The van der Waals surface area contributed by atoms with Gasteiger partial charge in [-0.25, -0.2) is 9.97 Å². The highest BCUT2D eigenvalue weighted by atomic mass is 16.5. The van der Waals surface area contributed by atoms with Crippen LogP contribution < -0.4 is 15.1 Å². The predicted molar refractivity (Wildman–Crippen MR) is 166 cm³/mol. The maximum Gasteiger partial charge on any atom is 0.229 e. The maximum atomic E-state index is 11.4. The van der Waals surface area contributed by atoms with E-state index < -0.39 is 5.60 Å². The number of hydrogen-bond donors (Lipinski definition) is 2. The molecule has 2 aromatic heterocycles. The molecule has 1 aliphatic carbocycles. The van der Waals surface area contributed by atoms with Gasteiger partial charge in [-0.05, 0) is 82.5 Å². The molecule has 3 atom stereocenters. The number of nitrogens with one attached hydrogen (secondary N) is 1. The van der Waals surface area contributed by atoms with Crippen molar-refractivity contribution in [3.8, 4) is 0 Å². The van der Waals surface area contributed by atoms with Crippen LogP contribution in [0, 0.1) is 0 Å². The molecule has 2 N–H and O–H groups in total. The molecule has 7 rings (SSSR count). The number of aliphatic hydroxyl groups is 1. The van der Waals surface area contributed by atoms with Crippen LogP contribution in [0.4, 0.5) is 29.0 Å². The molecule has 1 aromatic carbocycles. The van der Waals surface area contributed by atoms with E-state index in [4.69, 9.17) is 19.7 Å². The summed E-state index contributed by atoms with van der Waals surface area (Å²) in [5.74, 6) is 2.25. The standard InChI is InChI=1S/C33H43N7O2/c1-6-33(41)14-13-22-7-12-27(36-28(22)33)40-26-19-31(2,3)42-21-32(26,4)25-20-34-30(37-29(25)40)35-23-8-10-24(11-9-23)39-17-15-38(5)16-18-39/h7-12,20,26,41H,6,13-19,21H2,1-5H3,(H,34,35,37)/t26-,32-,33?/m1/s1. The average molecular weight is 570 g/mol. The summed E-state index contributed by atoms with van der Waals surface area (Å²) in [7, 11) is 2.18. The summed E-state index contributed by atoms with van der Waals surface area (Å²) < 4.78 is 6.38. The number of benzene rings is 1. The normalized spacial score (nSPS) is 28.4. The third-order valence-electron chi connectivity index (χ3n) is 10.1. The van der Waals surface area contributed by atoms with Crippen molar-refractivity contribution in [3.63, 3.8) is 0 Å². The highest BCUT2D eigenvalue weighted by Crippen LogP contribution is 2.53. The van der Waals surface area contributed by atoms with E-state index in [0.29, 0.717) is 19.0 Å². The molecule has 4 aliphatic rings. The van der Waals surface area contributed by atoms with Crippen molar-refractivity contribution in [2.24, 2.45) is 0 Å². The molecule has 0 saturated carbocycles. The van der Waals surface area contributed by atoms with Crippen molar-refractivity contribution in [1.29, 1.82) is 0 Å². The molecule has 42 heavy (non-hydrogen) atoms. The zero-order chi connectivity index (χ0) is 29.3. The maximum absolute atomic E-state index is 11.4. The monoisotopic (exact) mass is 569 g/mol. The van der Waals surface area contributed by atoms with Gasteiger partial charge < -0.3 is 29.9 Å². The first-order valence-corrected chi connectivity index (χ1v) is 15.4. The number of aryl methyl sites for hydroxylation is 1. The van der Waals surface area contributed by atoms with E-state index in [1.54, 1.807) is 0 Å². The fraction of sp³-hybridized carbons (Fsp3) is 0.545. The van der Waals surface area contributed by atoms with Crippen LogP contribution in [-0.4, -0.2) is 76.4 Å². The zero-order valence-electron chi connectivity index (χ0n) is 25.5.